The summed E-state index contributed by atoms with van der Waals surface area (Å²) >= 11 is 0. The number of amides is 2. The van der Waals surface area contributed by atoms with Crippen LogP contribution in [0.1, 0.15) is 0 Å². The van der Waals surface area contributed by atoms with Crippen molar-refractivity contribution in [3.63, 3.8) is 0 Å². The number of hydrogen-bond donors (Lipinski definition) is 1. The van der Waals surface area contributed by atoms with E-state index >= 15 is 0 Å². The first-order valence-corrected chi connectivity index (χ1v) is 2.21. The average Bonchev–Trinajstić information content (AvgIpc) is 2.42. The molecular weight excluding hydrogens is 106 g/mol. The predicted octanol–water partition coefficient (Wildman–Crippen LogP) is -0.727. The van der Waals surface area contributed by atoms with Crippen LogP contribution in [0.2, 0.25) is 0 Å². The molecule has 1 saturated heterocycles. The van der Waals surface area contributed by atoms with E-state index < -0.39 is 6.03 Å². The Morgan fingerprint density at radius 2 is 2.62 bits per heavy atom. The number of primary amides is 1. The SMILES string of the molecule is N#CC1CN1C(N)=O. The predicted molar refractivity (Wildman–Crippen MR) is 25.7 cm³/mol. The molecule has 0 radical (unpaired) electrons. The van der Waals surface area contributed by atoms with E-state index in [4.69, 9.17) is 11.0 Å². The summed E-state index contributed by atoms with van der Waals surface area (Å²) in [5.41, 5.74) is 4.80. The molecule has 1 aliphatic heterocycles. The van der Waals surface area contributed by atoms with Gasteiger partial charge in [0.15, 0.2) is 0 Å². The van der Waals surface area contributed by atoms with Gasteiger partial charge in [0, 0.05) is 0 Å². The molecule has 0 spiro atoms. The summed E-state index contributed by atoms with van der Waals surface area (Å²) in [5.74, 6) is 0. The topological polar surface area (TPSA) is 69.9 Å². The van der Waals surface area contributed by atoms with Gasteiger partial charge >= 0.3 is 6.03 Å². The number of nitrogens with two attached hydrogens (primary N) is 1. The van der Waals surface area contributed by atoms with Crippen molar-refractivity contribution in [1.29, 1.82) is 5.26 Å². The van der Waals surface area contributed by atoms with Crippen molar-refractivity contribution in [3.8, 4) is 6.07 Å². The zero-order chi connectivity index (χ0) is 6.15. The highest BCUT2D eigenvalue weighted by Crippen LogP contribution is 2.13. The minimum Gasteiger partial charge on any atom is -0.351 e. The first kappa shape index (κ1) is 4.91. The number of nitrogens with zero attached hydrogens (tertiary/aromatic N) is 2. The van der Waals surface area contributed by atoms with E-state index in [1.807, 2.05) is 6.07 Å². The summed E-state index contributed by atoms with van der Waals surface area (Å²) in [6.07, 6.45) is 0. The first-order chi connectivity index (χ1) is 3.75. The van der Waals surface area contributed by atoms with Crippen molar-refractivity contribution in [2.75, 3.05) is 6.54 Å². The summed E-state index contributed by atoms with van der Waals surface area (Å²) in [4.78, 5) is 11.4. The second-order valence-corrected chi connectivity index (χ2v) is 1.64. The molecule has 0 aromatic carbocycles. The Hall–Kier alpha value is -1.24. The fourth-order valence-corrected chi connectivity index (χ4v) is 0.493. The normalized spacial score (nSPS) is 24.4. The Balaban J connectivity index is 2.40. The van der Waals surface area contributed by atoms with Gasteiger partial charge in [-0.1, -0.05) is 0 Å². The molecule has 1 aliphatic rings. The molecular formula is C4H5N3O. The average molecular weight is 111 g/mol. The van der Waals surface area contributed by atoms with Crippen LogP contribution >= 0.6 is 0 Å². The molecule has 0 aromatic heterocycles. The van der Waals surface area contributed by atoms with Gasteiger partial charge in [0.2, 0.25) is 0 Å². The van der Waals surface area contributed by atoms with Crippen LogP contribution in [0.4, 0.5) is 4.79 Å². The lowest BCUT2D eigenvalue weighted by atomic mass is 10.5. The fraction of sp³-hybridized carbons (Fsp3) is 0.500. The summed E-state index contributed by atoms with van der Waals surface area (Å²) in [5, 5.41) is 8.13. The maximum absolute atomic E-state index is 10.1. The van der Waals surface area contributed by atoms with Crippen molar-refractivity contribution >= 4 is 6.03 Å². The molecule has 1 atom stereocenters. The van der Waals surface area contributed by atoms with E-state index in [0.29, 0.717) is 6.54 Å². The highest BCUT2D eigenvalue weighted by atomic mass is 16.2. The van der Waals surface area contributed by atoms with Gasteiger partial charge < -0.3 is 10.6 Å². The highest BCUT2D eigenvalue weighted by Gasteiger charge is 2.36. The zero-order valence-electron chi connectivity index (χ0n) is 4.16. The van der Waals surface area contributed by atoms with Gasteiger partial charge in [-0.3, -0.25) is 0 Å². The van der Waals surface area contributed by atoms with E-state index in [9.17, 15) is 4.79 Å². The zero-order valence-corrected chi connectivity index (χ0v) is 4.16. The summed E-state index contributed by atoms with van der Waals surface area (Å²) in [7, 11) is 0. The molecule has 0 aliphatic carbocycles. The van der Waals surface area contributed by atoms with E-state index in [1.54, 1.807) is 0 Å². The summed E-state index contributed by atoms with van der Waals surface area (Å²) < 4.78 is 0. The molecule has 1 unspecified atom stereocenters. The van der Waals surface area contributed by atoms with E-state index in [1.165, 1.54) is 4.90 Å². The van der Waals surface area contributed by atoms with Gasteiger partial charge in [0.1, 0.15) is 6.04 Å². The molecule has 0 saturated carbocycles. The highest BCUT2D eigenvalue weighted by molar-refractivity contribution is 5.75. The Kier molecular flexibility index (Phi) is 0.841. The third kappa shape index (κ3) is 0.581. The van der Waals surface area contributed by atoms with Crippen LogP contribution in [0.25, 0.3) is 0 Å². The number of urea groups is 1. The molecule has 2 N–H and O–H groups in total. The number of carbonyl (C=O) groups is 1. The third-order valence-corrected chi connectivity index (χ3v) is 1.04. The number of nitriles is 1. The van der Waals surface area contributed by atoms with Crippen LogP contribution in [0.3, 0.4) is 0 Å². The molecule has 2 amide bonds. The van der Waals surface area contributed by atoms with Crippen LogP contribution in [-0.2, 0) is 0 Å². The van der Waals surface area contributed by atoms with Gasteiger partial charge in [-0.2, -0.15) is 5.26 Å². The van der Waals surface area contributed by atoms with Gasteiger partial charge in [-0.25, -0.2) is 4.79 Å². The minimum absolute atomic E-state index is 0.243. The molecule has 8 heavy (non-hydrogen) atoms. The van der Waals surface area contributed by atoms with Crippen molar-refractivity contribution in [2.45, 2.75) is 6.04 Å². The third-order valence-electron chi connectivity index (χ3n) is 1.04. The quantitative estimate of drug-likeness (QED) is 0.419. The number of carbonyl (C=O) groups excluding carboxylic acids is 1. The minimum atomic E-state index is -0.503. The Labute approximate surface area is 46.5 Å². The van der Waals surface area contributed by atoms with E-state index in [0.717, 1.165) is 0 Å². The Bertz CT molecular complexity index is 159. The molecule has 1 fully saturated rings. The summed E-state index contributed by atoms with van der Waals surface area (Å²) in [6.45, 7) is 0.506. The van der Waals surface area contributed by atoms with Crippen molar-refractivity contribution in [2.24, 2.45) is 5.73 Å². The largest absolute Gasteiger partial charge is 0.351 e. The maximum Gasteiger partial charge on any atom is 0.316 e. The molecule has 1 rings (SSSR count). The van der Waals surface area contributed by atoms with Gasteiger partial charge in [-0.05, 0) is 0 Å². The Morgan fingerprint density at radius 1 is 2.00 bits per heavy atom. The van der Waals surface area contributed by atoms with Gasteiger partial charge in [0.05, 0.1) is 12.6 Å². The van der Waals surface area contributed by atoms with Gasteiger partial charge in [-0.15, -0.1) is 0 Å². The monoisotopic (exact) mass is 111 g/mol. The first-order valence-electron chi connectivity index (χ1n) is 2.21. The number of hydrogen-bond acceptors (Lipinski definition) is 2. The summed E-state index contributed by atoms with van der Waals surface area (Å²) in [6, 6.07) is 1.15. The van der Waals surface area contributed by atoms with Gasteiger partial charge in [0.25, 0.3) is 0 Å². The van der Waals surface area contributed by atoms with Crippen LogP contribution < -0.4 is 5.73 Å². The standard InChI is InChI=1S/C4H5N3O/c5-1-3-2-7(3)4(6)8/h3H,2H2,(H2,6,8). The van der Waals surface area contributed by atoms with E-state index in [-0.39, 0.29) is 6.04 Å². The number of rotatable bonds is 0. The van der Waals surface area contributed by atoms with Crippen LogP contribution in [0.15, 0.2) is 0 Å². The maximum atomic E-state index is 10.1. The van der Waals surface area contributed by atoms with Crippen LogP contribution in [-0.4, -0.2) is 23.5 Å². The molecule has 0 bridgehead atoms. The van der Waals surface area contributed by atoms with Crippen molar-refractivity contribution in [3.05, 3.63) is 0 Å². The molecule has 1 heterocycles. The second-order valence-electron chi connectivity index (χ2n) is 1.64. The fourth-order valence-electron chi connectivity index (χ4n) is 0.493. The lowest BCUT2D eigenvalue weighted by Gasteiger charge is -1.88. The lowest BCUT2D eigenvalue weighted by molar-refractivity contribution is 0.237. The van der Waals surface area contributed by atoms with Crippen molar-refractivity contribution < 1.29 is 4.79 Å². The molecule has 0 aromatic rings. The van der Waals surface area contributed by atoms with E-state index in [2.05, 4.69) is 0 Å². The molecule has 42 valence electrons. The molecule has 4 nitrogen and oxygen atoms in total. The van der Waals surface area contributed by atoms with Crippen LogP contribution in [0, 0.1) is 11.3 Å². The second kappa shape index (κ2) is 1.37. The Morgan fingerprint density at radius 3 is 2.75 bits per heavy atom. The smallest absolute Gasteiger partial charge is 0.316 e. The van der Waals surface area contributed by atoms with Crippen LogP contribution in [0.5, 0.6) is 0 Å². The lowest BCUT2D eigenvalue weighted by Crippen LogP contribution is -2.20. The molecule has 4 heteroatoms. The van der Waals surface area contributed by atoms with Crippen molar-refractivity contribution in [1.82, 2.24) is 4.90 Å².